The van der Waals surface area contributed by atoms with Gasteiger partial charge in [-0.25, -0.2) is 4.39 Å². The summed E-state index contributed by atoms with van der Waals surface area (Å²) in [5.41, 5.74) is 1.05. The average Bonchev–Trinajstić information content (AvgIpc) is 3.28. The minimum atomic E-state index is -0.331. The van der Waals surface area contributed by atoms with E-state index in [1.807, 2.05) is 0 Å². The Bertz CT molecular complexity index is 1270. The summed E-state index contributed by atoms with van der Waals surface area (Å²) >= 11 is 1.21. The van der Waals surface area contributed by atoms with Crippen LogP contribution >= 0.6 is 11.3 Å². The van der Waals surface area contributed by atoms with E-state index < -0.39 is 0 Å². The lowest BCUT2D eigenvalue weighted by Crippen LogP contribution is -2.23. The molecule has 4 aromatic rings. The van der Waals surface area contributed by atoms with E-state index in [1.165, 1.54) is 49.3 Å². The first kappa shape index (κ1) is 18.9. The molecular weight excluding hydrogens is 397 g/mol. The minimum absolute atomic E-state index is 0.291. The molecule has 0 atom stereocenters. The summed E-state index contributed by atoms with van der Waals surface area (Å²) in [4.78, 5) is 17.6. The third kappa shape index (κ3) is 3.40. The van der Waals surface area contributed by atoms with E-state index in [0.717, 1.165) is 5.56 Å². The van der Waals surface area contributed by atoms with Gasteiger partial charge >= 0.3 is 0 Å². The fraction of sp³-hybridized carbons (Fsp3) is 0.150. The summed E-state index contributed by atoms with van der Waals surface area (Å²) in [5, 5.41) is 4.34. The molecule has 0 N–H and O–H groups in total. The first-order chi connectivity index (χ1) is 14.0. The summed E-state index contributed by atoms with van der Waals surface area (Å²) in [6, 6.07) is 9.33. The van der Waals surface area contributed by atoms with Crippen molar-refractivity contribution >= 4 is 22.4 Å². The molecule has 0 unspecified atom stereocenters. The van der Waals surface area contributed by atoms with Gasteiger partial charge in [0.15, 0.2) is 17.3 Å². The van der Waals surface area contributed by atoms with E-state index in [-0.39, 0.29) is 11.4 Å². The maximum Gasteiger partial charge on any atom is 0.291 e. The molecule has 148 valence electrons. The lowest BCUT2D eigenvalue weighted by atomic mass is 10.1. The number of hydrogen-bond donors (Lipinski definition) is 0. The fourth-order valence-electron chi connectivity index (χ4n) is 2.88. The third-order valence-electron chi connectivity index (χ3n) is 4.27. The number of hydrogen-bond acceptors (Lipinski definition) is 7. The number of fused-ring (bicyclic) bond motifs is 1. The molecule has 0 bridgehead atoms. The number of thiazole rings is 1. The molecule has 9 heteroatoms. The van der Waals surface area contributed by atoms with Crippen molar-refractivity contribution in [1.29, 1.82) is 0 Å². The predicted octanol–water partition coefficient (Wildman–Crippen LogP) is 2.53. The van der Waals surface area contributed by atoms with Crippen LogP contribution in [0.25, 0.3) is 22.4 Å². The van der Waals surface area contributed by atoms with Crippen LogP contribution in [0.5, 0.6) is 17.2 Å². The van der Waals surface area contributed by atoms with Crippen molar-refractivity contribution in [3.05, 3.63) is 62.7 Å². The van der Waals surface area contributed by atoms with Crippen LogP contribution in [0, 0.1) is 5.82 Å². The van der Waals surface area contributed by atoms with Crippen LogP contribution in [0.4, 0.5) is 4.39 Å². The number of rotatable bonds is 5. The Hall–Kier alpha value is -3.46. The summed E-state index contributed by atoms with van der Waals surface area (Å²) < 4.78 is 30.8. The summed E-state index contributed by atoms with van der Waals surface area (Å²) in [6.45, 7) is 0. The average molecular weight is 413 g/mol. The second-order valence-electron chi connectivity index (χ2n) is 6.01. The van der Waals surface area contributed by atoms with Gasteiger partial charge in [-0.05, 0) is 35.9 Å². The van der Waals surface area contributed by atoms with E-state index in [9.17, 15) is 9.18 Å². The highest BCUT2D eigenvalue weighted by Crippen LogP contribution is 2.40. The van der Waals surface area contributed by atoms with Gasteiger partial charge < -0.3 is 14.2 Å². The number of halogens is 1. The van der Waals surface area contributed by atoms with Gasteiger partial charge in [0.05, 0.1) is 25.9 Å². The number of methoxy groups -OCH3 is 3. The molecule has 0 saturated heterocycles. The molecule has 2 aromatic heterocycles. The Balaban J connectivity index is 1.80. The van der Waals surface area contributed by atoms with Crippen LogP contribution < -0.4 is 24.3 Å². The molecule has 0 spiro atoms. The van der Waals surface area contributed by atoms with Crippen LogP contribution in [-0.2, 0) is 0 Å². The molecule has 4 rings (SSSR count). The molecule has 0 aliphatic rings. The lowest BCUT2D eigenvalue weighted by molar-refractivity contribution is 0.324. The molecule has 29 heavy (non-hydrogen) atoms. The SMILES string of the molecule is COc1cc(-c2nc3s/c(=C/c4ccc(F)cc4)c(=O)n3n2)cc(OC)c1OC. The highest BCUT2D eigenvalue weighted by atomic mass is 32.1. The van der Waals surface area contributed by atoms with Crippen molar-refractivity contribution in [2.75, 3.05) is 21.3 Å². The van der Waals surface area contributed by atoms with Gasteiger partial charge in [0.2, 0.25) is 10.7 Å². The number of benzene rings is 2. The number of aromatic nitrogens is 3. The van der Waals surface area contributed by atoms with Crippen LogP contribution in [0.2, 0.25) is 0 Å². The molecule has 0 aliphatic heterocycles. The Kier molecular flexibility index (Phi) is 4.89. The Morgan fingerprint density at radius 3 is 2.24 bits per heavy atom. The molecule has 7 nitrogen and oxygen atoms in total. The van der Waals surface area contributed by atoms with E-state index in [4.69, 9.17) is 14.2 Å². The first-order valence-electron chi connectivity index (χ1n) is 8.51. The molecule has 0 fully saturated rings. The lowest BCUT2D eigenvalue weighted by Gasteiger charge is -2.12. The van der Waals surface area contributed by atoms with Gasteiger partial charge in [-0.2, -0.15) is 9.50 Å². The molecule has 2 heterocycles. The maximum atomic E-state index is 13.1. The van der Waals surface area contributed by atoms with Gasteiger partial charge in [-0.15, -0.1) is 5.10 Å². The molecule has 0 aliphatic carbocycles. The largest absolute Gasteiger partial charge is 0.493 e. The summed E-state index contributed by atoms with van der Waals surface area (Å²) in [6.07, 6.45) is 1.68. The van der Waals surface area contributed by atoms with Gasteiger partial charge in [-0.1, -0.05) is 23.5 Å². The standard InChI is InChI=1S/C20H16FN3O4S/c1-26-14-9-12(10-15(27-2)17(14)28-3)18-22-20-24(23-18)19(25)16(29-20)8-11-4-6-13(21)7-5-11/h4-10H,1-3H3/b16-8+. The molecular formula is C20H16FN3O4S. The first-order valence-corrected chi connectivity index (χ1v) is 9.33. The smallest absolute Gasteiger partial charge is 0.291 e. The second kappa shape index (κ2) is 7.51. The van der Waals surface area contributed by atoms with Crippen molar-refractivity contribution in [2.24, 2.45) is 0 Å². The van der Waals surface area contributed by atoms with E-state index in [2.05, 4.69) is 10.1 Å². The Morgan fingerprint density at radius 2 is 1.69 bits per heavy atom. The van der Waals surface area contributed by atoms with Crippen molar-refractivity contribution in [3.63, 3.8) is 0 Å². The minimum Gasteiger partial charge on any atom is -0.493 e. The number of ether oxygens (including phenoxy) is 3. The second-order valence-corrected chi connectivity index (χ2v) is 7.02. The predicted molar refractivity (Wildman–Crippen MR) is 107 cm³/mol. The third-order valence-corrected chi connectivity index (χ3v) is 5.23. The normalized spacial score (nSPS) is 11.8. The summed E-state index contributed by atoms with van der Waals surface area (Å²) in [5.74, 6) is 1.42. The van der Waals surface area contributed by atoms with Crippen molar-refractivity contribution < 1.29 is 18.6 Å². The van der Waals surface area contributed by atoms with Crippen molar-refractivity contribution in [2.45, 2.75) is 0 Å². The van der Waals surface area contributed by atoms with Crippen molar-refractivity contribution in [3.8, 4) is 28.6 Å². The van der Waals surface area contributed by atoms with Crippen LogP contribution in [-0.4, -0.2) is 35.9 Å². The van der Waals surface area contributed by atoms with Crippen LogP contribution in [0.3, 0.4) is 0 Å². The highest BCUT2D eigenvalue weighted by Gasteiger charge is 2.18. The summed E-state index contributed by atoms with van der Waals surface area (Å²) in [7, 11) is 4.56. The van der Waals surface area contributed by atoms with E-state index in [0.29, 0.717) is 38.1 Å². The number of nitrogens with zero attached hydrogens (tertiary/aromatic N) is 3. The van der Waals surface area contributed by atoms with Gasteiger partial charge in [0, 0.05) is 5.56 Å². The topological polar surface area (TPSA) is 75.0 Å². The monoisotopic (exact) mass is 413 g/mol. The van der Waals surface area contributed by atoms with Crippen LogP contribution in [0.15, 0.2) is 41.2 Å². The van der Waals surface area contributed by atoms with Crippen LogP contribution in [0.1, 0.15) is 5.56 Å². The zero-order valence-electron chi connectivity index (χ0n) is 15.8. The maximum absolute atomic E-state index is 13.1. The van der Waals surface area contributed by atoms with Gasteiger partial charge in [0.1, 0.15) is 5.82 Å². The molecule has 0 amide bonds. The quantitative estimate of drug-likeness (QED) is 0.501. The van der Waals surface area contributed by atoms with Gasteiger partial charge in [0.25, 0.3) is 5.56 Å². The van der Waals surface area contributed by atoms with Gasteiger partial charge in [-0.3, -0.25) is 4.79 Å². The fourth-order valence-corrected chi connectivity index (χ4v) is 3.78. The Morgan fingerprint density at radius 1 is 1.03 bits per heavy atom. The molecule has 0 radical (unpaired) electrons. The van der Waals surface area contributed by atoms with E-state index >= 15 is 0 Å². The zero-order valence-corrected chi connectivity index (χ0v) is 16.6. The van der Waals surface area contributed by atoms with E-state index in [1.54, 1.807) is 30.3 Å². The van der Waals surface area contributed by atoms with Crippen molar-refractivity contribution in [1.82, 2.24) is 14.6 Å². The zero-order chi connectivity index (χ0) is 20.5. The Labute approximate surface area is 168 Å². The molecule has 0 saturated carbocycles. The highest BCUT2D eigenvalue weighted by molar-refractivity contribution is 7.15. The molecule has 2 aromatic carbocycles.